The van der Waals surface area contributed by atoms with Crippen LogP contribution in [0.25, 0.3) is 0 Å². The molecule has 29 heteroatoms. The maximum Gasteiger partial charge on any atom is 0.407 e. The molecule has 0 saturated carbocycles. The molecule has 1 aliphatic rings. The van der Waals surface area contributed by atoms with Gasteiger partial charge in [0.15, 0.2) is 19.8 Å². The topological polar surface area (TPSA) is 387 Å². The van der Waals surface area contributed by atoms with Crippen molar-refractivity contribution in [1.29, 1.82) is 0 Å². The first-order valence-corrected chi connectivity index (χ1v) is 36.9. The highest BCUT2D eigenvalue weighted by Gasteiger charge is 2.36. The van der Waals surface area contributed by atoms with E-state index in [4.69, 9.17) is 48.4 Å². The van der Waals surface area contributed by atoms with Gasteiger partial charge in [-0.2, -0.15) is 0 Å². The highest BCUT2D eigenvalue weighted by atomic mass is 16.6. The molecule has 0 spiro atoms. The number of hydrogen-bond donors (Lipinski definition) is 6. The van der Waals surface area contributed by atoms with Crippen molar-refractivity contribution in [2.45, 2.75) is 183 Å². The van der Waals surface area contributed by atoms with Gasteiger partial charge in [0.05, 0.1) is 52.8 Å². The summed E-state index contributed by atoms with van der Waals surface area (Å²) in [7, 11) is 1.21. The van der Waals surface area contributed by atoms with Crippen molar-refractivity contribution >= 4 is 71.4 Å². The van der Waals surface area contributed by atoms with Gasteiger partial charge in [-0.3, -0.25) is 24.0 Å². The Labute approximate surface area is 627 Å². The Hall–Kier alpha value is -10.3. The van der Waals surface area contributed by atoms with Crippen LogP contribution in [0.4, 0.5) is 4.79 Å². The van der Waals surface area contributed by atoms with Crippen molar-refractivity contribution in [3.8, 4) is 17.2 Å². The van der Waals surface area contributed by atoms with Gasteiger partial charge in [-0.1, -0.05) is 108 Å². The Morgan fingerprint density at radius 3 is 1.16 bits per heavy atom. The third-order valence-electron chi connectivity index (χ3n) is 16.0. The zero-order chi connectivity index (χ0) is 78.9. The third-order valence-corrected chi connectivity index (χ3v) is 16.0. The molecule has 590 valence electrons. The summed E-state index contributed by atoms with van der Waals surface area (Å²) in [4.78, 5) is 151. The summed E-state index contributed by atoms with van der Waals surface area (Å²) in [6.07, 6.45) is 9.59. The highest BCUT2D eigenvalue weighted by molar-refractivity contribution is 5.96. The smallest absolute Gasteiger partial charge is 0.407 e. The molecule has 1 aliphatic heterocycles. The van der Waals surface area contributed by atoms with Crippen LogP contribution in [0.3, 0.4) is 0 Å². The number of nitrogens with two attached hydrogens (primary N) is 1. The van der Waals surface area contributed by atoms with Crippen molar-refractivity contribution in [3.63, 3.8) is 0 Å². The molecule has 0 aliphatic carbocycles. The zero-order valence-corrected chi connectivity index (χ0v) is 63.7. The van der Waals surface area contributed by atoms with E-state index in [-0.39, 0.29) is 130 Å². The Balaban J connectivity index is 0.000000429. The summed E-state index contributed by atoms with van der Waals surface area (Å²) < 4.78 is 51.0. The molecule has 4 aromatic rings. The molecule has 107 heavy (non-hydrogen) atoms. The minimum Gasteiger partial charge on any atom is -0.481 e. The number of benzene rings is 4. The number of likely N-dealkylation sites (tertiary alicyclic amines) is 1. The molecule has 7 N–H and O–H groups in total. The van der Waals surface area contributed by atoms with Crippen molar-refractivity contribution in [2.24, 2.45) is 5.73 Å². The molecule has 0 bridgehead atoms. The average Bonchev–Trinajstić information content (AvgIpc) is 1.68. The first-order valence-electron chi connectivity index (χ1n) is 36.9. The number of methoxy groups -OCH3 is 1. The van der Waals surface area contributed by atoms with Crippen LogP contribution < -0.4 is 46.5 Å². The number of carbonyl (C=O) groups excluding carboxylic acids is 12. The molecule has 1 heterocycles. The van der Waals surface area contributed by atoms with Crippen molar-refractivity contribution in [3.05, 3.63) is 124 Å². The van der Waals surface area contributed by atoms with Gasteiger partial charge in [0.25, 0.3) is 0 Å². The van der Waals surface area contributed by atoms with Crippen LogP contribution in [-0.4, -0.2) is 193 Å². The fourth-order valence-electron chi connectivity index (χ4n) is 10.6. The summed E-state index contributed by atoms with van der Waals surface area (Å²) in [5.74, 6) is -4.57. The van der Waals surface area contributed by atoms with Gasteiger partial charge in [0.1, 0.15) is 52.1 Å². The van der Waals surface area contributed by atoms with Crippen LogP contribution in [0, 0.1) is 0 Å². The molecule has 1 fully saturated rings. The number of alkyl carbamates (subject to hydrolysis) is 1. The maximum absolute atomic E-state index is 13.9. The van der Waals surface area contributed by atoms with E-state index < -0.39 is 78.6 Å². The van der Waals surface area contributed by atoms with E-state index in [1.54, 1.807) is 76.8 Å². The average molecular weight is 1500 g/mol. The second kappa shape index (κ2) is 52.6. The zero-order valence-electron chi connectivity index (χ0n) is 63.7. The van der Waals surface area contributed by atoms with Crippen LogP contribution in [-0.2, 0) is 97.2 Å². The monoisotopic (exact) mass is 1500 g/mol. The largest absolute Gasteiger partial charge is 0.481 e. The lowest BCUT2D eigenvalue weighted by Crippen LogP contribution is -2.55. The summed E-state index contributed by atoms with van der Waals surface area (Å²) in [5.41, 5.74) is 9.07. The first kappa shape index (κ1) is 90.9. The Morgan fingerprint density at radius 2 is 0.804 bits per heavy atom. The van der Waals surface area contributed by atoms with E-state index in [9.17, 15) is 57.5 Å². The lowest BCUT2D eigenvalue weighted by molar-refractivity contribution is -0.146. The number of nitrogens with zero attached hydrogens (tertiary/aromatic N) is 1. The van der Waals surface area contributed by atoms with Crippen LogP contribution in [0.5, 0.6) is 17.2 Å². The van der Waals surface area contributed by atoms with Crippen LogP contribution in [0.15, 0.2) is 84.9 Å². The van der Waals surface area contributed by atoms with Gasteiger partial charge in [0, 0.05) is 51.9 Å². The third kappa shape index (κ3) is 34.6. The van der Waals surface area contributed by atoms with Crippen molar-refractivity contribution < 1.29 is 105 Å². The second-order valence-corrected chi connectivity index (χ2v) is 24.3. The molecule has 29 nitrogen and oxygen atoms in total. The Bertz CT molecular complexity index is 3460. The van der Waals surface area contributed by atoms with E-state index in [1.807, 2.05) is 30.3 Å². The second-order valence-electron chi connectivity index (χ2n) is 24.3. The molecule has 4 aromatic carbocycles. The Morgan fingerprint density at radius 1 is 0.430 bits per heavy atom. The van der Waals surface area contributed by atoms with Gasteiger partial charge in [-0.25, -0.2) is 33.6 Å². The molecule has 0 radical (unpaired) electrons. The van der Waals surface area contributed by atoms with Gasteiger partial charge >= 0.3 is 41.9 Å². The summed E-state index contributed by atoms with van der Waals surface area (Å²) >= 11 is 0. The van der Waals surface area contributed by atoms with Crippen LogP contribution in [0.1, 0.15) is 186 Å². The minimum absolute atomic E-state index is 0.0575. The fourth-order valence-corrected chi connectivity index (χ4v) is 10.6. The predicted octanol–water partition coefficient (Wildman–Crippen LogP) is 7.73. The van der Waals surface area contributed by atoms with Gasteiger partial charge in [0.2, 0.25) is 29.5 Å². The van der Waals surface area contributed by atoms with E-state index in [2.05, 4.69) is 52.1 Å². The van der Waals surface area contributed by atoms with Crippen LogP contribution >= 0.6 is 0 Å². The van der Waals surface area contributed by atoms with Gasteiger partial charge < -0.3 is 84.6 Å². The standard InChI is InChI=1S/C34H45N3O8.C23H34N2O8.C21H32N2O6/c1-4-7-11-18-35-32(40)27(36-33(41)28(37-19-12-15-30(37)38)22-24-13-9-8-10-14-24)21-25-16-17-29(45-23-31(39)43-5-2)26(20-25)34(42)44-6-3;1-5-8-9-12-24-21(27)18(25-23(29)30-4)14-16-10-11-19(33-15-20(26)31-6-2)17(13-16)22(28)32-7-3;1-4-7-8-11-23-20(25)17(22)13-15-9-10-18(29-14-19(24)27-5-2)16(12-15)21(26)28-6-3/h8-10,13-14,16-17,20,27-28H,4-7,11-12,15,18-19,21-23H2,1-3H3,(H,35,40)(H,36,41);10-11,13,18H,5-9,12,14-15H2,1-4H3,(H,24,27)(H,25,29);9-10,12,17H,4-8,11,13-14,22H2,1-3H3,(H,23,25)/t27-,28-;18-;17-/m000/s1. The number of ether oxygens (including phenoxy) is 10. The quantitative estimate of drug-likeness (QED) is 0.0140. The van der Waals surface area contributed by atoms with Crippen LogP contribution in [0.2, 0.25) is 0 Å². The molecule has 0 aromatic heterocycles. The predicted molar refractivity (Wildman–Crippen MR) is 396 cm³/mol. The lowest BCUT2D eigenvalue weighted by Gasteiger charge is -2.29. The molecule has 1 saturated heterocycles. The number of rotatable bonds is 45. The number of amides is 6. The number of unbranched alkanes of at least 4 members (excludes halogenated alkanes) is 6. The number of carbonyl (C=O) groups is 12. The molecular formula is C78H111N7O22. The van der Waals surface area contributed by atoms with Crippen molar-refractivity contribution in [1.82, 2.24) is 31.5 Å². The maximum atomic E-state index is 13.9. The minimum atomic E-state index is -0.989. The van der Waals surface area contributed by atoms with E-state index in [1.165, 1.54) is 31.4 Å². The molecular weight excluding hydrogens is 1390 g/mol. The highest BCUT2D eigenvalue weighted by Crippen LogP contribution is 2.27. The van der Waals surface area contributed by atoms with E-state index in [0.717, 1.165) is 63.4 Å². The summed E-state index contributed by atoms with van der Waals surface area (Å²) in [6.45, 7) is 18.3. The van der Waals surface area contributed by atoms with E-state index in [0.29, 0.717) is 62.1 Å². The summed E-state index contributed by atoms with van der Waals surface area (Å²) in [6, 6.07) is 20.2. The Kier molecular flexibility index (Phi) is 44.7. The van der Waals surface area contributed by atoms with E-state index >= 15 is 0 Å². The first-order chi connectivity index (χ1) is 51.5. The fraction of sp³-hybridized carbons (Fsp3) is 0.538. The number of nitrogens with one attached hydrogen (secondary N) is 5. The SMILES string of the molecule is CCCCCNC(=O)[C@@H](N)Cc1ccc(OCC(=O)OCC)c(C(=O)OCC)c1.CCCCCNC(=O)[C@H](Cc1ccc(OCC(=O)OCC)c(C(=O)OCC)c1)NC(=O)OC.CCCCCNC(=O)[C@H](Cc1ccc(OCC(=O)OCC)c(C(=O)OCC)c1)NC(=O)[C@H](Cc1ccccc1)N1CCCC1=O. The van der Waals surface area contributed by atoms with Gasteiger partial charge in [-0.05, 0) is 132 Å². The lowest BCUT2D eigenvalue weighted by atomic mass is 10.00. The number of hydrogen-bond acceptors (Lipinski definition) is 23. The molecule has 0 unspecified atom stereocenters. The summed E-state index contributed by atoms with van der Waals surface area (Å²) in [5, 5.41) is 14.0. The number of esters is 6. The molecule has 4 atom stereocenters. The molecule has 5 rings (SSSR count). The van der Waals surface area contributed by atoms with Gasteiger partial charge in [-0.15, -0.1) is 0 Å². The van der Waals surface area contributed by atoms with Crippen molar-refractivity contribution in [2.75, 3.05) is 92.8 Å². The molecule has 6 amide bonds. The normalized spacial score (nSPS) is 12.4.